The zero-order valence-electron chi connectivity index (χ0n) is 19.9. The highest BCUT2D eigenvalue weighted by atomic mass is 32.2. The molecule has 0 heterocycles. The van der Waals surface area contributed by atoms with Gasteiger partial charge < -0.3 is 19.7 Å². The highest BCUT2D eigenvalue weighted by molar-refractivity contribution is 7.87. The molecule has 196 valence electrons. The van der Waals surface area contributed by atoms with Crippen LogP contribution in [0.1, 0.15) is 48.0 Å². The third kappa shape index (κ3) is 11.6. The first-order valence-corrected chi connectivity index (χ1v) is 13.5. The molecule has 0 saturated heterocycles. The first-order chi connectivity index (χ1) is 14.9. The fourth-order valence-electron chi connectivity index (χ4n) is 2.25. The van der Waals surface area contributed by atoms with Crippen molar-refractivity contribution in [2.75, 3.05) is 37.9 Å². The topological polar surface area (TPSA) is 180 Å². The lowest BCUT2D eigenvalue weighted by Gasteiger charge is -2.28. The van der Waals surface area contributed by atoms with Crippen molar-refractivity contribution in [3.63, 3.8) is 0 Å². The van der Waals surface area contributed by atoms with Crippen LogP contribution in [0.15, 0.2) is 0 Å². The maximum absolute atomic E-state index is 12.1. The van der Waals surface area contributed by atoms with E-state index in [9.17, 15) is 36.6 Å². The van der Waals surface area contributed by atoms with Gasteiger partial charge in [-0.1, -0.05) is 27.7 Å². The summed E-state index contributed by atoms with van der Waals surface area (Å²) >= 11 is 0. The molecule has 0 aromatic rings. The van der Waals surface area contributed by atoms with Crippen molar-refractivity contribution >= 4 is 32.2 Å². The largest absolute Gasteiger partial charge is 0.464 e. The van der Waals surface area contributed by atoms with Crippen molar-refractivity contribution in [2.24, 2.45) is 10.8 Å². The molecule has 14 heteroatoms. The number of rotatable bonds is 16. The van der Waals surface area contributed by atoms with Crippen LogP contribution < -0.4 is 0 Å². The highest BCUT2D eigenvalue weighted by Gasteiger charge is 2.37. The van der Waals surface area contributed by atoms with Crippen molar-refractivity contribution in [1.29, 1.82) is 0 Å². The zero-order chi connectivity index (χ0) is 26.1. The fraction of sp³-hybridized carbons (Fsp3) is 0.895. The Hall–Kier alpha value is -1.32. The van der Waals surface area contributed by atoms with Crippen LogP contribution in [0.4, 0.5) is 0 Å². The number of aliphatic hydroxyl groups excluding tert-OH is 2. The van der Waals surface area contributed by atoms with Crippen molar-refractivity contribution in [3.8, 4) is 0 Å². The zero-order valence-corrected chi connectivity index (χ0v) is 21.5. The van der Waals surface area contributed by atoms with Crippen LogP contribution in [0.25, 0.3) is 0 Å². The molecule has 2 atom stereocenters. The number of ether oxygens (including phenoxy) is 2. The molecule has 0 bridgehead atoms. The van der Waals surface area contributed by atoms with E-state index >= 15 is 0 Å². The number of hydrogen-bond acceptors (Lipinski definition) is 12. The maximum Gasteiger partial charge on any atom is 0.335 e. The molecule has 0 rings (SSSR count). The predicted octanol–water partition coefficient (Wildman–Crippen LogP) is -0.0303. The van der Waals surface area contributed by atoms with E-state index in [-0.39, 0.29) is 19.6 Å². The molecule has 2 unspecified atom stereocenters. The molecule has 0 amide bonds. The van der Waals surface area contributed by atoms with Gasteiger partial charge in [-0.2, -0.15) is 16.8 Å². The smallest absolute Gasteiger partial charge is 0.335 e. The van der Waals surface area contributed by atoms with Crippen molar-refractivity contribution in [3.05, 3.63) is 0 Å². The van der Waals surface area contributed by atoms with E-state index in [1.807, 2.05) is 0 Å². The Kier molecular flexibility index (Phi) is 12.4. The van der Waals surface area contributed by atoms with Crippen LogP contribution >= 0.6 is 0 Å². The fourth-order valence-corrected chi connectivity index (χ4v) is 4.63. The summed E-state index contributed by atoms with van der Waals surface area (Å²) in [6, 6.07) is 0. The van der Waals surface area contributed by atoms with Crippen molar-refractivity contribution in [1.82, 2.24) is 0 Å². The SMILES string of the molecule is CCOC(=O)C(O)C(C)(C)COS(=O)(=O)CCCS(=O)(=O)OCC(C)(C)C(O)C(=O)OCC. The summed E-state index contributed by atoms with van der Waals surface area (Å²) in [4.78, 5) is 23.3. The second kappa shape index (κ2) is 13.0. The van der Waals surface area contributed by atoms with Gasteiger partial charge in [-0.05, 0) is 20.3 Å². The maximum atomic E-state index is 12.1. The van der Waals surface area contributed by atoms with Gasteiger partial charge in [0.25, 0.3) is 20.2 Å². The molecule has 0 aromatic heterocycles. The average molecular weight is 521 g/mol. The lowest BCUT2D eigenvalue weighted by molar-refractivity contribution is -0.161. The summed E-state index contributed by atoms with van der Waals surface area (Å²) in [5.74, 6) is -3.14. The van der Waals surface area contributed by atoms with Crippen LogP contribution in [-0.4, -0.2) is 89.1 Å². The van der Waals surface area contributed by atoms with Gasteiger partial charge in [0, 0.05) is 10.8 Å². The molecular weight excluding hydrogens is 484 g/mol. The third-order valence-corrected chi connectivity index (χ3v) is 7.04. The van der Waals surface area contributed by atoms with Crippen molar-refractivity contribution < 1.29 is 54.5 Å². The minimum Gasteiger partial charge on any atom is -0.464 e. The summed E-state index contributed by atoms with van der Waals surface area (Å²) in [5.41, 5.74) is -2.56. The molecule has 0 aliphatic carbocycles. The Labute approximate surface area is 195 Å². The summed E-state index contributed by atoms with van der Waals surface area (Å²) in [6.07, 6.45) is -3.59. The van der Waals surface area contributed by atoms with Gasteiger partial charge in [0.15, 0.2) is 12.2 Å². The summed E-state index contributed by atoms with van der Waals surface area (Å²) in [7, 11) is -8.33. The van der Waals surface area contributed by atoms with E-state index in [2.05, 4.69) is 0 Å². The van der Waals surface area contributed by atoms with E-state index in [1.54, 1.807) is 13.8 Å². The number of carbonyl (C=O) groups is 2. The van der Waals surface area contributed by atoms with Gasteiger partial charge in [-0.25, -0.2) is 9.59 Å². The first-order valence-electron chi connectivity index (χ1n) is 10.3. The summed E-state index contributed by atoms with van der Waals surface area (Å²) in [6.45, 7) is 7.78. The molecule has 12 nitrogen and oxygen atoms in total. The molecule has 0 fully saturated rings. The van der Waals surface area contributed by atoms with Gasteiger partial charge in [0.2, 0.25) is 0 Å². The van der Waals surface area contributed by atoms with E-state index in [0.29, 0.717) is 0 Å². The van der Waals surface area contributed by atoms with Gasteiger partial charge in [-0.3, -0.25) is 8.37 Å². The molecule has 0 aromatic carbocycles. The first kappa shape index (κ1) is 31.7. The Balaban J connectivity index is 4.72. The van der Waals surface area contributed by atoms with Crippen LogP contribution in [0.3, 0.4) is 0 Å². The Morgan fingerprint density at radius 3 is 1.30 bits per heavy atom. The molecule has 0 spiro atoms. The van der Waals surface area contributed by atoms with E-state index < -0.39 is 79.9 Å². The van der Waals surface area contributed by atoms with Gasteiger partial charge in [0.1, 0.15) is 0 Å². The van der Waals surface area contributed by atoms with Gasteiger partial charge >= 0.3 is 11.9 Å². The lowest BCUT2D eigenvalue weighted by Crippen LogP contribution is -2.41. The van der Waals surface area contributed by atoms with E-state index in [1.165, 1.54) is 27.7 Å². The molecule has 0 aliphatic heterocycles. The quantitative estimate of drug-likeness (QED) is 0.205. The van der Waals surface area contributed by atoms with Gasteiger partial charge in [-0.15, -0.1) is 0 Å². The monoisotopic (exact) mass is 520 g/mol. The molecule has 0 radical (unpaired) electrons. The third-order valence-electron chi connectivity index (χ3n) is 4.51. The lowest BCUT2D eigenvalue weighted by atomic mass is 9.88. The average Bonchev–Trinajstić information content (AvgIpc) is 2.70. The predicted molar refractivity (Wildman–Crippen MR) is 117 cm³/mol. The molecule has 0 aliphatic rings. The van der Waals surface area contributed by atoms with Crippen LogP contribution in [0.5, 0.6) is 0 Å². The normalized spacial score (nSPS) is 15.0. The van der Waals surface area contributed by atoms with Crippen molar-refractivity contribution in [2.45, 2.75) is 60.2 Å². The summed E-state index contributed by atoms with van der Waals surface area (Å²) in [5, 5.41) is 20.0. The summed E-state index contributed by atoms with van der Waals surface area (Å²) < 4.78 is 67.4. The molecule has 33 heavy (non-hydrogen) atoms. The number of carbonyl (C=O) groups excluding carboxylic acids is 2. The second-order valence-corrected chi connectivity index (χ2v) is 12.2. The minimum atomic E-state index is -4.17. The number of aliphatic hydroxyl groups is 2. The Bertz CT molecular complexity index is 776. The number of hydrogen-bond donors (Lipinski definition) is 2. The minimum absolute atomic E-state index is 0.0423. The van der Waals surface area contributed by atoms with Crippen LogP contribution in [0.2, 0.25) is 0 Å². The molecular formula is C19H36O12S2. The molecule has 0 saturated carbocycles. The Morgan fingerprint density at radius 2 is 1.03 bits per heavy atom. The van der Waals surface area contributed by atoms with E-state index in [0.717, 1.165) is 0 Å². The second-order valence-electron chi connectivity index (χ2n) is 8.69. The van der Waals surface area contributed by atoms with E-state index in [4.69, 9.17) is 17.8 Å². The standard InChI is InChI=1S/C19H36O12S2/c1-7-28-16(22)14(20)18(3,4)12-30-32(24,25)10-9-11-33(26,27)31-13-19(5,6)15(21)17(23)29-8-2/h14-15,20-21H,7-13H2,1-6H3. The van der Waals surface area contributed by atoms with Crippen LogP contribution in [-0.2, 0) is 47.7 Å². The Morgan fingerprint density at radius 1 is 0.727 bits per heavy atom. The number of esters is 2. The van der Waals surface area contributed by atoms with Gasteiger partial charge in [0.05, 0.1) is 37.9 Å². The van der Waals surface area contributed by atoms with Crippen LogP contribution in [0, 0.1) is 10.8 Å². The molecule has 2 N–H and O–H groups in total. The highest BCUT2D eigenvalue weighted by Crippen LogP contribution is 2.24.